The summed E-state index contributed by atoms with van der Waals surface area (Å²) in [5, 5.41) is 5.62. The second-order valence-corrected chi connectivity index (χ2v) is 7.79. The lowest BCUT2D eigenvalue weighted by atomic mass is 9.65. The molecule has 1 aliphatic rings. The molecule has 3 atom stereocenters. The maximum Gasteiger partial charge on any atom is 0.00795 e. The van der Waals surface area contributed by atoms with Crippen molar-refractivity contribution < 1.29 is 0 Å². The van der Waals surface area contributed by atoms with E-state index in [4.69, 9.17) is 0 Å². The molecule has 1 aromatic heterocycles. The highest BCUT2D eigenvalue weighted by molar-refractivity contribution is 7.10. The van der Waals surface area contributed by atoms with Gasteiger partial charge < -0.3 is 5.32 Å². The Morgan fingerprint density at radius 2 is 2.11 bits per heavy atom. The maximum absolute atomic E-state index is 3.39. The van der Waals surface area contributed by atoms with Crippen molar-refractivity contribution in [2.45, 2.75) is 46.0 Å². The Bertz CT molecular complexity index is 350. The molecule has 0 radical (unpaired) electrons. The lowest BCUT2D eigenvalue weighted by molar-refractivity contribution is 0.131. The summed E-state index contributed by atoms with van der Waals surface area (Å²) in [4.78, 5) is 1.60. The lowest BCUT2D eigenvalue weighted by Crippen LogP contribution is -2.34. The second-order valence-electron chi connectivity index (χ2n) is 6.82. The van der Waals surface area contributed by atoms with Crippen molar-refractivity contribution >= 4 is 11.3 Å². The fourth-order valence-electron chi connectivity index (χ4n) is 3.38. The van der Waals surface area contributed by atoms with Crippen molar-refractivity contribution in [2.24, 2.45) is 17.3 Å². The van der Waals surface area contributed by atoms with E-state index in [0.717, 1.165) is 17.8 Å². The SMILES string of the molecule is CNCC1CCC(C(C)(C)C)CC1c1cccs1. The van der Waals surface area contributed by atoms with Crippen molar-refractivity contribution in [2.75, 3.05) is 13.6 Å². The van der Waals surface area contributed by atoms with Gasteiger partial charge >= 0.3 is 0 Å². The Morgan fingerprint density at radius 3 is 2.67 bits per heavy atom. The Kier molecular flexibility index (Phi) is 4.50. The first-order valence-electron chi connectivity index (χ1n) is 7.20. The van der Waals surface area contributed by atoms with Gasteiger partial charge in [0, 0.05) is 4.88 Å². The Balaban J connectivity index is 2.14. The highest BCUT2D eigenvalue weighted by Gasteiger charge is 2.36. The van der Waals surface area contributed by atoms with E-state index in [1.54, 1.807) is 4.88 Å². The van der Waals surface area contributed by atoms with E-state index >= 15 is 0 Å². The molecule has 1 nitrogen and oxygen atoms in total. The number of hydrogen-bond acceptors (Lipinski definition) is 2. The summed E-state index contributed by atoms with van der Waals surface area (Å²) in [6.45, 7) is 8.38. The number of hydrogen-bond donors (Lipinski definition) is 1. The smallest absolute Gasteiger partial charge is 0.00795 e. The van der Waals surface area contributed by atoms with Gasteiger partial charge in [-0.15, -0.1) is 11.3 Å². The van der Waals surface area contributed by atoms with E-state index < -0.39 is 0 Å². The normalized spacial score (nSPS) is 29.4. The standard InChI is InChI=1S/C16H27NS/c1-16(2,3)13-8-7-12(11-17-4)14(10-13)15-6-5-9-18-15/h5-6,9,12-14,17H,7-8,10-11H2,1-4H3. The minimum absolute atomic E-state index is 0.458. The zero-order valence-electron chi connectivity index (χ0n) is 12.2. The molecular weight excluding hydrogens is 238 g/mol. The van der Waals surface area contributed by atoms with E-state index in [-0.39, 0.29) is 0 Å². The third-order valence-corrected chi connectivity index (χ3v) is 5.60. The van der Waals surface area contributed by atoms with Gasteiger partial charge in [-0.1, -0.05) is 26.8 Å². The molecule has 1 aliphatic carbocycles. The first-order chi connectivity index (χ1) is 8.52. The van der Waals surface area contributed by atoms with Crippen LogP contribution in [-0.2, 0) is 0 Å². The van der Waals surface area contributed by atoms with Crippen LogP contribution in [-0.4, -0.2) is 13.6 Å². The van der Waals surface area contributed by atoms with E-state index in [9.17, 15) is 0 Å². The highest BCUT2D eigenvalue weighted by Crippen LogP contribution is 2.47. The average Bonchev–Trinajstić information content (AvgIpc) is 2.82. The molecule has 102 valence electrons. The van der Waals surface area contributed by atoms with Crippen molar-refractivity contribution in [3.05, 3.63) is 22.4 Å². The molecule has 0 aliphatic heterocycles. The van der Waals surface area contributed by atoms with Crippen LogP contribution in [0.2, 0.25) is 0 Å². The molecule has 1 heterocycles. The number of thiophene rings is 1. The molecule has 0 spiro atoms. The predicted octanol–water partition coefficient (Wildman–Crippen LogP) is 4.51. The van der Waals surface area contributed by atoms with Crippen LogP contribution in [0.25, 0.3) is 0 Å². The van der Waals surface area contributed by atoms with Gasteiger partial charge in [0.25, 0.3) is 0 Å². The monoisotopic (exact) mass is 265 g/mol. The second kappa shape index (κ2) is 5.75. The first kappa shape index (κ1) is 14.1. The van der Waals surface area contributed by atoms with Gasteiger partial charge in [-0.25, -0.2) is 0 Å². The third-order valence-electron chi connectivity index (χ3n) is 4.59. The molecule has 1 saturated carbocycles. The molecule has 1 aromatic rings. The van der Waals surface area contributed by atoms with Crippen LogP contribution in [0, 0.1) is 17.3 Å². The first-order valence-corrected chi connectivity index (χ1v) is 8.08. The third kappa shape index (κ3) is 3.16. The van der Waals surface area contributed by atoms with Crippen LogP contribution in [0.15, 0.2) is 17.5 Å². The number of nitrogens with one attached hydrogen (secondary N) is 1. The summed E-state index contributed by atoms with van der Waals surface area (Å²) in [7, 11) is 2.08. The van der Waals surface area contributed by atoms with Crippen LogP contribution < -0.4 is 5.32 Å². The largest absolute Gasteiger partial charge is 0.319 e. The Hall–Kier alpha value is -0.340. The van der Waals surface area contributed by atoms with Crippen molar-refractivity contribution in [3.63, 3.8) is 0 Å². The molecule has 1 N–H and O–H groups in total. The molecule has 18 heavy (non-hydrogen) atoms. The van der Waals surface area contributed by atoms with E-state index in [1.807, 2.05) is 11.3 Å². The molecular formula is C16H27NS. The quantitative estimate of drug-likeness (QED) is 0.847. The molecule has 0 amide bonds. The molecule has 3 unspecified atom stereocenters. The van der Waals surface area contributed by atoms with Crippen LogP contribution in [0.4, 0.5) is 0 Å². The van der Waals surface area contributed by atoms with E-state index in [2.05, 4.69) is 50.6 Å². The predicted molar refractivity (Wildman–Crippen MR) is 81.3 cm³/mol. The van der Waals surface area contributed by atoms with Gasteiger partial charge in [0.15, 0.2) is 0 Å². The van der Waals surface area contributed by atoms with E-state index in [1.165, 1.54) is 25.8 Å². The summed E-state index contributed by atoms with van der Waals surface area (Å²) < 4.78 is 0. The van der Waals surface area contributed by atoms with Crippen molar-refractivity contribution in [1.82, 2.24) is 5.32 Å². The van der Waals surface area contributed by atoms with Crippen LogP contribution >= 0.6 is 11.3 Å². The summed E-state index contributed by atoms with van der Waals surface area (Å²) >= 11 is 1.94. The summed E-state index contributed by atoms with van der Waals surface area (Å²) in [5.41, 5.74) is 0.458. The highest BCUT2D eigenvalue weighted by atomic mass is 32.1. The van der Waals surface area contributed by atoms with Gasteiger partial charge in [-0.2, -0.15) is 0 Å². The molecule has 2 heteroatoms. The minimum Gasteiger partial charge on any atom is -0.319 e. The zero-order valence-corrected chi connectivity index (χ0v) is 13.0. The summed E-state index contributed by atoms with van der Waals surface area (Å²) in [6.07, 6.45) is 4.15. The topological polar surface area (TPSA) is 12.0 Å². The van der Waals surface area contributed by atoms with Crippen LogP contribution in [0.3, 0.4) is 0 Å². The van der Waals surface area contributed by atoms with Crippen molar-refractivity contribution in [3.8, 4) is 0 Å². The van der Waals surface area contributed by atoms with Crippen LogP contribution in [0.5, 0.6) is 0 Å². The minimum atomic E-state index is 0.458. The molecule has 0 saturated heterocycles. The average molecular weight is 265 g/mol. The zero-order chi connectivity index (χ0) is 13.2. The van der Waals surface area contributed by atoms with Crippen molar-refractivity contribution in [1.29, 1.82) is 0 Å². The van der Waals surface area contributed by atoms with Gasteiger partial charge in [-0.05, 0) is 67.5 Å². The van der Waals surface area contributed by atoms with Gasteiger partial charge in [-0.3, -0.25) is 0 Å². The van der Waals surface area contributed by atoms with Gasteiger partial charge in [0.1, 0.15) is 0 Å². The fraction of sp³-hybridized carbons (Fsp3) is 0.750. The Labute approximate surface area is 116 Å². The van der Waals surface area contributed by atoms with E-state index in [0.29, 0.717) is 5.41 Å². The molecule has 1 fully saturated rings. The molecule has 0 aromatic carbocycles. The molecule has 0 bridgehead atoms. The summed E-state index contributed by atoms with van der Waals surface area (Å²) in [5.74, 6) is 2.47. The number of rotatable bonds is 3. The van der Waals surface area contributed by atoms with Gasteiger partial charge in [0.05, 0.1) is 0 Å². The van der Waals surface area contributed by atoms with Crippen LogP contribution in [0.1, 0.15) is 50.8 Å². The lowest BCUT2D eigenvalue weighted by Gasteiger charge is -2.41. The van der Waals surface area contributed by atoms with Gasteiger partial charge in [0.2, 0.25) is 0 Å². The fourth-order valence-corrected chi connectivity index (χ4v) is 4.31. The Morgan fingerprint density at radius 1 is 1.33 bits per heavy atom. The maximum atomic E-state index is 3.39. The molecule has 2 rings (SSSR count). The summed E-state index contributed by atoms with van der Waals surface area (Å²) in [6, 6.07) is 4.54.